The third-order valence-electron chi connectivity index (χ3n) is 16.8. The van der Waals surface area contributed by atoms with E-state index in [4.69, 9.17) is 28.9 Å². The molecule has 0 aliphatic heterocycles. The quantitative estimate of drug-likeness (QED) is 0.0154. The molecule has 3 atom stereocenters. The molecule has 2 amide bonds. The Kier molecular flexibility index (Phi) is 22.9. The fourth-order valence-corrected chi connectivity index (χ4v) is 11.7. The number of nitrogens with zero attached hydrogens (tertiary/aromatic N) is 17. The van der Waals surface area contributed by atoms with Gasteiger partial charge in [0.1, 0.15) is 67.5 Å². The van der Waals surface area contributed by atoms with Crippen LogP contribution in [0.4, 0.5) is 22.4 Å². The van der Waals surface area contributed by atoms with Gasteiger partial charge in [0.25, 0.3) is 0 Å². The van der Waals surface area contributed by atoms with E-state index in [2.05, 4.69) is 70.8 Å². The summed E-state index contributed by atoms with van der Waals surface area (Å²) >= 11 is 11.8. The van der Waals surface area contributed by atoms with Crippen molar-refractivity contribution in [2.24, 2.45) is 10.8 Å². The summed E-state index contributed by atoms with van der Waals surface area (Å²) in [6.45, 7) is 7.48. The zero-order valence-corrected chi connectivity index (χ0v) is 61.7. The number of amides is 2. The van der Waals surface area contributed by atoms with Crippen molar-refractivity contribution < 1.29 is 71.2 Å². The van der Waals surface area contributed by atoms with Gasteiger partial charge in [0.15, 0.2) is 28.4 Å². The molecule has 12 aromatic heterocycles. The molecule has 25 nitrogen and oxygen atoms in total. The largest absolute Gasteiger partial charge is 2.00 e. The van der Waals surface area contributed by atoms with Crippen molar-refractivity contribution >= 4 is 136 Å². The molecule has 4 aromatic carbocycles. The number of hydrazone groups is 1. The number of rotatable bonds is 11. The summed E-state index contributed by atoms with van der Waals surface area (Å²) in [5, 5.41) is 57.5. The molecule has 0 fully saturated rings. The van der Waals surface area contributed by atoms with Crippen LogP contribution in [-0.2, 0) is 16.8 Å². The van der Waals surface area contributed by atoms with Crippen LogP contribution in [0.5, 0.6) is 0 Å². The Bertz CT molecular complexity index is 6120. The third-order valence-corrected chi connectivity index (χ3v) is 17.2. The number of nitrogens with two attached hydrogens (primary N) is 1. The number of urea groups is 1. The second-order valence-electron chi connectivity index (χ2n) is 23.8. The Labute approximate surface area is 641 Å². The van der Waals surface area contributed by atoms with Crippen molar-refractivity contribution in [2.45, 2.75) is 51.4 Å². The monoisotopic (exact) mass is 1590 g/mol. The van der Waals surface area contributed by atoms with Gasteiger partial charge < -0.3 is 52.5 Å². The Morgan fingerprint density at radius 2 is 0.802 bits per heavy atom. The van der Waals surface area contributed by atoms with Crippen LogP contribution in [0, 0.1) is 30.7 Å². The van der Waals surface area contributed by atoms with E-state index in [0.717, 1.165) is 5.39 Å². The Hall–Kier alpha value is -11.0. The van der Waals surface area contributed by atoms with E-state index in [1.807, 2.05) is 6.07 Å². The van der Waals surface area contributed by atoms with Crippen LogP contribution in [0.1, 0.15) is 101 Å². The van der Waals surface area contributed by atoms with E-state index in [1.165, 1.54) is 101 Å². The fourth-order valence-electron chi connectivity index (χ4n) is 11.4. The topological polar surface area (TPSA) is 335 Å². The standard InChI is InChI=1S/C20H18FN7O2.C19H15FN4O2.C17H12ClFN4O.C16H8ClFN4O.CH3.HI.Mg/c1-11(25-26-19(22)29)15-5-6-18-24-10-17(28(18)27-15)20(2,30)13-8-12-4-3-7-23-16(12)9-14(13)21;1-11(25)15-5-6-18-22-10-17(24(18)23-15)19(2,26)13-8-12-4-3-7-21-16(12)9-14(13)20;1-17(24,14-9-21-16-5-4-15(18)22-23(14)16)11-7-10-3-2-6-20-13(10)8-12(11)19;17-14-3-4-15-20-8-13(22(15)21-14)16(23)10-6-9-2-1-5-19-12(9)7-11(10)18;;;/h3-10,30H,1-2H3,(H3,22,26,29);3-10,26H,1-2H3;2-9,24H,1H3;1-8H;1H3;1H;/q;;;;-1;;+2/p-1/b25-11+;;;;;;. The second kappa shape index (κ2) is 31.3. The van der Waals surface area contributed by atoms with Gasteiger partial charge in [-0.25, -0.2) is 65.8 Å². The number of Topliss-reactive ketones (excluding diaryl/α,β-unsaturated/α-hetero) is 1. The molecule has 106 heavy (non-hydrogen) atoms. The fraction of sp³-hybridized carbons (Fsp3) is 0.110. The first kappa shape index (κ1) is 77.6. The number of fused-ring (bicyclic) bond motifs is 8. The maximum absolute atomic E-state index is 14.9. The zero-order chi connectivity index (χ0) is 72.8. The van der Waals surface area contributed by atoms with Gasteiger partial charge in [-0.1, -0.05) is 47.5 Å². The number of carbonyl (C=O) groups is 3. The molecule has 6 N–H and O–H groups in total. The minimum Gasteiger partial charge on any atom is -1.00 e. The molecule has 0 saturated heterocycles. The first-order valence-electron chi connectivity index (χ1n) is 31.0. The predicted molar refractivity (Wildman–Crippen MR) is 385 cm³/mol. The van der Waals surface area contributed by atoms with Gasteiger partial charge in [0, 0.05) is 94.2 Å². The third kappa shape index (κ3) is 15.4. The molecule has 0 bridgehead atoms. The molecule has 0 aliphatic rings. The SMILES string of the molecule is C/C(=N\NC(N)=O)c1ccc2ncc(C(C)(O)c3cc4cccnc4cc3F)n2n1.CC(=O)c1ccc2ncc(C(C)(O)c3cc4cccnc4cc3F)n2n1.CC(O)(c1cc2cccnc2cc1F)c1cnc2ccc(Cl)nn12.O=C(c1cc2cccnc2cc1F)c1cnc2ccc(Cl)nn12.[CH3-].[I-].[Mg+2]. The Morgan fingerprint density at radius 3 is 1.21 bits per heavy atom. The maximum Gasteiger partial charge on any atom is 2.00 e. The van der Waals surface area contributed by atoms with Gasteiger partial charge in [0.05, 0.1) is 75.2 Å². The van der Waals surface area contributed by atoms with Gasteiger partial charge in [-0.2, -0.15) is 25.5 Å². The van der Waals surface area contributed by atoms with Gasteiger partial charge in [-0.3, -0.25) is 29.5 Å². The molecule has 530 valence electrons. The Morgan fingerprint density at radius 1 is 0.462 bits per heavy atom. The van der Waals surface area contributed by atoms with E-state index in [-0.39, 0.29) is 116 Å². The van der Waals surface area contributed by atoms with Gasteiger partial charge in [0.2, 0.25) is 5.78 Å². The first-order chi connectivity index (χ1) is 49.2. The minimum atomic E-state index is -1.74. The van der Waals surface area contributed by atoms with E-state index in [9.17, 15) is 47.3 Å². The van der Waals surface area contributed by atoms with Crippen LogP contribution in [0.3, 0.4) is 0 Å². The van der Waals surface area contributed by atoms with Crippen LogP contribution >= 0.6 is 23.2 Å². The summed E-state index contributed by atoms with van der Waals surface area (Å²) < 4.78 is 64.0. The van der Waals surface area contributed by atoms with Crippen LogP contribution in [0.2, 0.25) is 10.3 Å². The van der Waals surface area contributed by atoms with Crippen molar-refractivity contribution in [1.82, 2.24) is 83.8 Å². The summed E-state index contributed by atoms with van der Waals surface area (Å²) in [6, 6.07) is 37.6. The number of carbonyl (C=O) groups excluding carboxylic acids is 3. The molecule has 0 aliphatic carbocycles. The van der Waals surface area contributed by atoms with Crippen molar-refractivity contribution in [2.75, 3.05) is 0 Å². The maximum atomic E-state index is 14.9. The molecule has 33 heteroatoms. The number of pyridine rings is 4. The summed E-state index contributed by atoms with van der Waals surface area (Å²) in [6.07, 6.45) is 12.0. The van der Waals surface area contributed by atoms with Crippen molar-refractivity contribution in [3.05, 3.63) is 293 Å². The van der Waals surface area contributed by atoms with Crippen LogP contribution < -0.4 is 35.1 Å². The molecule has 12 heterocycles. The minimum absolute atomic E-state index is 0. The van der Waals surface area contributed by atoms with Gasteiger partial charge in [-0.15, -0.1) is 0 Å². The molecule has 0 saturated carbocycles. The number of hydrogen-bond donors (Lipinski definition) is 5. The van der Waals surface area contributed by atoms with Gasteiger partial charge in [-0.05, 0) is 125 Å². The number of aromatic nitrogens is 16. The van der Waals surface area contributed by atoms with E-state index >= 15 is 0 Å². The molecule has 0 spiro atoms. The number of ketones is 2. The number of imidazole rings is 4. The summed E-state index contributed by atoms with van der Waals surface area (Å²) in [5.41, 5.74) is 8.15. The number of nitrogens with one attached hydrogen (secondary N) is 1. The van der Waals surface area contributed by atoms with Crippen molar-refractivity contribution in [1.29, 1.82) is 0 Å². The average molecular weight is 1590 g/mol. The number of primary amides is 1. The second-order valence-corrected chi connectivity index (χ2v) is 24.6. The number of aliphatic hydroxyl groups is 3. The first-order valence-corrected chi connectivity index (χ1v) is 31.7. The summed E-state index contributed by atoms with van der Waals surface area (Å²) in [7, 11) is 0. The number of benzene rings is 4. The molecular weight excluding hydrogens is 1540 g/mol. The molecule has 16 rings (SSSR count). The predicted octanol–water partition coefficient (Wildman–Crippen LogP) is 8.64. The molecule has 0 radical (unpaired) electrons. The molecule has 16 aromatic rings. The molecular formula is C73H56Cl2F4IMgN19O6. The normalized spacial score (nSPS) is 13.0. The van der Waals surface area contributed by atoms with Crippen LogP contribution in [0.15, 0.2) is 200 Å². The Balaban J connectivity index is 0.000000150. The van der Waals surface area contributed by atoms with Gasteiger partial charge >= 0.3 is 29.1 Å². The zero-order valence-electron chi connectivity index (χ0n) is 56.6. The van der Waals surface area contributed by atoms with Crippen LogP contribution in [0.25, 0.3) is 66.2 Å². The van der Waals surface area contributed by atoms with E-state index in [1.54, 1.807) is 141 Å². The van der Waals surface area contributed by atoms with Crippen LogP contribution in [-0.4, -0.2) is 140 Å². The average Bonchev–Trinajstić information content (AvgIpc) is 1.57. The summed E-state index contributed by atoms with van der Waals surface area (Å²) in [4.78, 5) is 68.3. The smallest absolute Gasteiger partial charge is 1.00 e. The van der Waals surface area contributed by atoms with E-state index < -0.39 is 51.9 Å². The van der Waals surface area contributed by atoms with Crippen molar-refractivity contribution in [3.63, 3.8) is 0 Å². The summed E-state index contributed by atoms with van der Waals surface area (Å²) in [5.74, 6) is -3.11. The number of hydrogen-bond acceptors (Lipinski definition) is 19. The number of halogens is 7. The van der Waals surface area contributed by atoms with E-state index in [0.29, 0.717) is 77.9 Å². The van der Waals surface area contributed by atoms with Crippen molar-refractivity contribution in [3.8, 4) is 0 Å². The molecule has 3 unspecified atom stereocenters.